The molecule has 0 fully saturated rings. The molecule has 6 heteroatoms. The molecule has 15 heavy (non-hydrogen) atoms. The van der Waals surface area contributed by atoms with Crippen molar-refractivity contribution in [1.82, 2.24) is 5.32 Å². The van der Waals surface area contributed by atoms with Gasteiger partial charge in [0.15, 0.2) is 0 Å². The third-order valence-corrected chi connectivity index (χ3v) is 1.97. The fourth-order valence-electron chi connectivity index (χ4n) is 0.776. The van der Waals surface area contributed by atoms with Crippen molar-refractivity contribution in [3.8, 4) is 0 Å². The average Bonchev–Trinajstić information content (AvgIpc) is 2.11. The summed E-state index contributed by atoms with van der Waals surface area (Å²) in [5.41, 5.74) is 5.06. The number of rotatable bonds is 4. The second-order valence-electron chi connectivity index (χ2n) is 4.58. The SMILES string of the molecule is CC(C)(C)[C@H](N)C(=O)NCC(F)(F)CO. The summed E-state index contributed by atoms with van der Waals surface area (Å²) in [6.45, 7) is 3.02. The van der Waals surface area contributed by atoms with Gasteiger partial charge in [0, 0.05) is 0 Å². The number of aliphatic hydroxyl groups is 1. The van der Waals surface area contributed by atoms with Gasteiger partial charge in [-0.3, -0.25) is 4.79 Å². The molecule has 0 spiro atoms. The van der Waals surface area contributed by atoms with Crippen LogP contribution in [0.1, 0.15) is 20.8 Å². The zero-order chi connectivity index (χ0) is 12.3. The molecule has 0 aliphatic heterocycles. The molecule has 0 aliphatic rings. The van der Waals surface area contributed by atoms with Crippen molar-refractivity contribution in [3.05, 3.63) is 0 Å². The summed E-state index contributed by atoms with van der Waals surface area (Å²) in [6.07, 6.45) is 0. The lowest BCUT2D eigenvalue weighted by atomic mass is 9.87. The van der Waals surface area contributed by atoms with Gasteiger partial charge >= 0.3 is 0 Å². The molecule has 1 amide bonds. The van der Waals surface area contributed by atoms with Crippen LogP contribution < -0.4 is 11.1 Å². The standard InChI is InChI=1S/C9H18F2N2O2/c1-8(2,3)6(12)7(15)13-4-9(10,11)5-14/h6,14H,4-5,12H2,1-3H3,(H,13,15)/t6-/m1/s1. The Morgan fingerprint density at radius 2 is 1.93 bits per heavy atom. The quantitative estimate of drug-likeness (QED) is 0.634. The van der Waals surface area contributed by atoms with Crippen LogP contribution in [0.2, 0.25) is 0 Å². The van der Waals surface area contributed by atoms with E-state index < -0.39 is 36.4 Å². The summed E-state index contributed by atoms with van der Waals surface area (Å²) in [4.78, 5) is 11.3. The van der Waals surface area contributed by atoms with E-state index in [1.807, 2.05) is 5.32 Å². The third kappa shape index (κ3) is 5.03. The predicted molar refractivity (Wildman–Crippen MR) is 52.5 cm³/mol. The van der Waals surface area contributed by atoms with Gasteiger partial charge in [-0.15, -0.1) is 0 Å². The van der Waals surface area contributed by atoms with Gasteiger partial charge in [0.25, 0.3) is 5.92 Å². The van der Waals surface area contributed by atoms with Gasteiger partial charge in [0.05, 0.1) is 12.6 Å². The first kappa shape index (κ1) is 14.2. The topological polar surface area (TPSA) is 75.4 Å². The Hall–Kier alpha value is -0.750. The second-order valence-corrected chi connectivity index (χ2v) is 4.58. The Morgan fingerprint density at radius 1 is 1.47 bits per heavy atom. The zero-order valence-electron chi connectivity index (χ0n) is 9.18. The van der Waals surface area contributed by atoms with E-state index in [4.69, 9.17) is 10.8 Å². The Labute approximate surface area is 87.8 Å². The van der Waals surface area contributed by atoms with Crippen LogP contribution in [0.15, 0.2) is 0 Å². The van der Waals surface area contributed by atoms with Crippen molar-refractivity contribution in [2.45, 2.75) is 32.7 Å². The van der Waals surface area contributed by atoms with Crippen LogP contribution in [0.5, 0.6) is 0 Å². The van der Waals surface area contributed by atoms with Gasteiger partial charge in [-0.05, 0) is 5.41 Å². The van der Waals surface area contributed by atoms with Gasteiger partial charge in [-0.1, -0.05) is 20.8 Å². The lowest BCUT2D eigenvalue weighted by Crippen LogP contribution is -2.51. The largest absolute Gasteiger partial charge is 0.390 e. The first-order valence-electron chi connectivity index (χ1n) is 4.62. The molecule has 0 heterocycles. The summed E-state index contributed by atoms with van der Waals surface area (Å²) in [5.74, 6) is -3.94. The lowest BCUT2D eigenvalue weighted by Gasteiger charge is -2.26. The van der Waals surface area contributed by atoms with Crippen LogP contribution in [0.4, 0.5) is 8.78 Å². The molecule has 0 unspecified atom stereocenters. The number of aliphatic hydroxyl groups excluding tert-OH is 1. The first-order chi connectivity index (χ1) is 6.60. The van der Waals surface area contributed by atoms with Gasteiger partial charge in [0.1, 0.15) is 6.61 Å². The third-order valence-electron chi connectivity index (χ3n) is 1.97. The van der Waals surface area contributed by atoms with Crippen molar-refractivity contribution >= 4 is 5.91 Å². The average molecular weight is 224 g/mol. The fraction of sp³-hybridized carbons (Fsp3) is 0.889. The molecule has 90 valence electrons. The Morgan fingerprint density at radius 3 is 2.27 bits per heavy atom. The maximum atomic E-state index is 12.6. The van der Waals surface area contributed by atoms with Crippen molar-refractivity contribution in [1.29, 1.82) is 0 Å². The molecule has 4 nitrogen and oxygen atoms in total. The predicted octanol–water partition coefficient (Wildman–Crippen LogP) is 0.104. The van der Waals surface area contributed by atoms with Crippen LogP contribution in [0.3, 0.4) is 0 Å². The minimum absolute atomic E-state index is 0.488. The van der Waals surface area contributed by atoms with Gasteiger partial charge in [-0.2, -0.15) is 0 Å². The summed E-state index contributed by atoms with van der Waals surface area (Å²) in [5, 5.41) is 10.3. The number of hydrogen-bond donors (Lipinski definition) is 3. The summed E-state index contributed by atoms with van der Waals surface area (Å²) in [7, 11) is 0. The molecule has 0 saturated heterocycles. The van der Waals surface area contributed by atoms with Crippen molar-refractivity contribution < 1.29 is 18.7 Å². The van der Waals surface area contributed by atoms with E-state index in [2.05, 4.69) is 0 Å². The van der Waals surface area contributed by atoms with Crippen LogP contribution >= 0.6 is 0 Å². The molecule has 0 radical (unpaired) electrons. The molecular formula is C9H18F2N2O2. The number of nitrogens with two attached hydrogens (primary N) is 1. The molecule has 0 bridgehead atoms. The molecular weight excluding hydrogens is 206 g/mol. The van der Waals surface area contributed by atoms with Crippen LogP contribution in [-0.2, 0) is 4.79 Å². The number of amides is 1. The summed E-state index contributed by atoms with van der Waals surface area (Å²) >= 11 is 0. The van der Waals surface area contributed by atoms with Crippen LogP contribution in [0.25, 0.3) is 0 Å². The molecule has 0 aromatic carbocycles. The molecule has 1 atom stereocenters. The van der Waals surface area contributed by atoms with Gasteiger partial charge < -0.3 is 16.2 Å². The molecule has 0 rings (SSSR count). The number of carbonyl (C=O) groups is 1. The lowest BCUT2D eigenvalue weighted by molar-refractivity contribution is -0.127. The van der Waals surface area contributed by atoms with E-state index in [-0.39, 0.29) is 0 Å². The highest BCUT2D eigenvalue weighted by molar-refractivity contribution is 5.82. The van der Waals surface area contributed by atoms with E-state index in [1.165, 1.54) is 0 Å². The number of nitrogens with one attached hydrogen (secondary N) is 1. The van der Waals surface area contributed by atoms with Crippen molar-refractivity contribution in [2.24, 2.45) is 11.1 Å². The number of carbonyl (C=O) groups excluding carboxylic acids is 1. The van der Waals surface area contributed by atoms with Crippen LogP contribution in [-0.4, -0.2) is 36.1 Å². The normalized spacial score (nSPS) is 14.9. The van der Waals surface area contributed by atoms with Gasteiger partial charge in [0.2, 0.25) is 5.91 Å². The highest BCUT2D eigenvalue weighted by atomic mass is 19.3. The Kier molecular flexibility index (Phi) is 4.61. The first-order valence-corrected chi connectivity index (χ1v) is 4.62. The van der Waals surface area contributed by atoms with Crippen molar-refractivity contribution in [2.75, 3.05) is 13.2 Å². The minimum atomic E-state index is -3.30. The second kappa shape index (κ2) is 4.85. The van der Waals surface area contributed by atoms with Crippen LogP contribution in [0, 0.1) is 5.41 Å². The number of halogens is 2. The molecule has 0 aromatic heterocycles. The van der Waals surface area contributed by atoms with E-state index >= 15 is 0 Å². The molecule has 0 saturated carbocycles. The maximum Gasteiger partial charge on any atom is 0.287 e. The zero-order valence-corrected chi connectivity index (χ0v) is 9.18. The minimum Gasteiger partial charge on any atom is -0.390 e. The molecule has 4 N–H and O–H groups in total. The molecule has 0 aliphatic carbocycles. The highest BCUT2D eigenvalue weighted by Gasteiger charge is 2.32. The van der Waals surface area contributed by atoms with Gasteiger partial charge in [-0.25, -0.2) is 8.78 Å². The van der Waals surface area contributed by atoms with E-state index in [1.54, 1.807) is 20.8 Å². The van der Waals surface area contributed by atoms with E-state index in [9.17, 15) is 13.6 Å². The molecule has 0 aromatic rings. The monoisotopic (exact) mass is 224 g/mol. The summed E-state index contributed by atoms with van der Waals surface area (Å²) in [6, 6.07) is -0.855. The van der Waals surface area contributed by atoms with E-state index in [0.717, 1.165) is 0 Å². The number of alkyl halides is 2. The van der Waals surface area contributed by atoms with E-state index in [0.29, 0.717) is 0 Å². The summed E-state index contributed by atoms with van der Waals surface area (Å²) < 4.78 is 25.1. The highest BCUT2D eigenvalue weighted by Crippen LogP contribution is 2.17. The fourth-order valence-corrected chi connectivity index (χ4v) is 0.776. The maximum absolute atomic E-state index is 12.6. The number of hydrogen-bond acceptors (Lipinski definition) is 3. The Balaban J connectivity index is 4.17. The smallest absolute Gasteiger partial charge is 0.287 e. The van der Waals surface area contributed by atoms with Crippen molar-refractivity contribution in [3.63, 3.8) is 0 Å². The Bertz CT molecular complexity index is 227.